The maximum Gasteiger partial charge on any atom is 0.222 e. The Morgan fingerprint density at radius 3 is 2.95 bits per heavy atom. The third kappa shape index (κ3) is 2.22. The minimum atomic E-state index is 0.346. The summed E-state index contributed by atoms with van der Waals surface area (Å²) in [7, 11) is 0. The predicted molar refractivity (Wildman–Crippen MR) is 86.8 cm³/mol. The second-order valence-electron chi connectivity index (χ2n) is 6.47. The Balaban J connectivity index is 1.76. The molecule has 1 atom stereocenters. The number of aryl methyl sites for hydroxylation is 2. The number of nitrogens with two attached hydrogens (primary N) is 2. The molecule has 0 saturated carbocycles. The zero-order valence-electron chi connectivity index (χ0n) is 12.8. The molecule has 0 amide bonds. The first kappa shape index (κ1) is 13.8. The van der Waals surface area contributed by atoms with Crippen LogP contribution in [0.3, 0.4) is 0 Å². The number of rotatable bonds is 3. The van der Waals surface area contributed by atoms with Crippen LogP contribution in [0.25, 0.3) is 11.1 Å². The molecule has 2 aromatic heterocycles. The Hall–Kier alpha value is -1.82. The average molecular weight is 301 g/mol. The maximum atomic E-state index is 6.14. The van der Waals surface area contributed by atoms with Gasteiger partial charge in [-0.2, -0.15) is 4.98 Å². The minimum Gasteiger partial charge on any atom is -0.455 e. The number of aromatic nitrogens is 2. The maximum absolute atomic E-state index is 6.14. The van der Waals surface area contributed by atoms with E-state index in [1.807, 2.05) is 0 Å². The molecule has 6 heteroatoms. The molecule has 4 rings (SSSR count). The molecule has 1 aliphatic heterocycles. The van der Waals surface area contributed by atoms with Gasteiger partial charge in [0.15, 0.2) is 11.4 Å². The smallest absolute Gasteiger partial charge is 0.222 e. The molecule has 2 aliphatic rings. The summed E-state index contributed by atoms with van der Waals surface area (Å²) < 4.78 is 6.14. The van der Waals surface area contributed by atoms with Gasteiger partial charge in [-0.15, -0.1) is 0 Å². The van der Waals surface area contributed by atoms with Crippen molar-refractivity contribution < 1.29 is 4.42 Å². The Labute approximate surface area is 129 Å². The zero-order chi connectivity index (χ0) is 15.1. The van der Waals surface area contributed by atoms with Gasteiger partial charge in [0.1, 0.15) is 11.3 Å². The Kier molecular flexibility index (Phi) is 3.41. The van der Waals surface area contributed by atoms with E-state index in [1.165, 1.54) is 18.4 Å². The fourth-order valence-corrected chi connectivity index (χ4v) is 3.83. The largest absolute Gasteiger partial charge is 0.455 e. The van der Waals surface area contributed by atoms with Crippen molar-refractivity contribution in [3.8, 4) is 0 Å². The van der Waals surface area contributed by atoms with E-state index in [2.05, 4.69) is 14.9 Å². The summed E-state index contributed by atoms with van der Waals surface area (Å²) in [6.45, 7) is 2.71. The van der Waals surface area contributed by atoms with Crippen molar-refractivity contribution in [1.29, 1.82) is 0 Å². The number of nitrogens with zero attached hydrogens (tertiary/aromatic N) is 3. The molecule has 0 unspecified atom stereocenters. The van der Waals surface area contributed by atoms with Crippen LogP contribution in [0.2, 0.25) is 0 Å². The molecule has 3 heterocycles. The molecule has 0 aromatic carbocycles. The highest BCUT2D eigenvalue weighted by Gasteiger charge is 2.28. The summed E-state index contributed by atoms with van der Waals surface area (Å²) in [5.41, 5.74) is 14.7. The minimum absolute atomic E-state index is 0.346. The first-order valence-electron chi connectivity index (χ1n) is 8.29. The number of fused-ring (bicyclic) bond motifs is 3. The van der Waals surface area contributed by atoms with E-state index in [9.17, 15) is 0 Å². The highest BCUT2D eigenvalue weighted by Crippen LogP contribution is 2.37. The summed E-state index contributed by atoms with van der Waals surface area (Å²) in [5, 5.41) is 0. The third-order valence-corrected chi connectivity index (χ3v) is 4.95. The van der Waals surface area contributed by atoms with Crippen molar-refractivity contribution in [1.82, 2.24) is 9.97 Å². The third-order valence-electron chi connectivity index (χ3n) is 4.95. The van der Waals surface area contributed by atoms with Gasteiger partial charge in [-0.25, -0.2) is 4.98 Å². The molecule has 4 N–H and O–H groups in total. The molecule has 6 nitrogen and oxygen atoms in total. The highest BCUT2D eigenvalue weighted by atomic mass is 16.3. The number of anilines is 2. The molecular weight excluding hydrogens is 278 g/mol. The van der Waals surface area contributed by atoms with Crippen LogP contribution in [0, 0.1) is 5.92 Å². The Bertz CT molecular complexity index is 695. The molecule has 2 aromatic rings. The second kappa shape index (κ2) is 5.43. The number of nitrogen functional groups attached to an aromatic ring is 1. The van der Waals surface area contributed by atoms with Crippen molar-refractivity contribution >= 4 is 22.9 Å². The molecule has 0 bridgehead atoms. The van der Waals surface area contributed by atoms with E-state index in [-0.39, 0.29) is 0 Å². The van der Waals surface area contributed by atoms with Gasteiger partial charge in [-0.05, 0) is 44.6 Å². The average Bonchev–Trinajstić information content (AvgIpc) is 3.12. The molecule has 0 spiro atoms. The summed E-state index contributed by atoms with van der Waals surface area (Å²) in [5.74, 6) is 2.94. The molecule has 1 fully saturated rings. The molecule has 0 radical (unpaired) electrons. The van der Waals surface area contributed by atoms with Gasteiger partial charge in [-0.3, -0.25) is 0 Å². The molecule has 22 heavy (non-hydrogen) atoms. The van der Waals surface area contributed by atoms with Gasteiger partial charge in [0.2, 0.25) is 5.95 Å². The summed E-state index contributed by atoms with van der Waals surface area (Å²) in [6, 6.07) is 0. The fraction of sp³-hybridized carbons (Fsp3) is 0.625. The number of furan rings is 1. The van der Waals surface area contributed by atoms with Crippen LogP contribution in [-0.2, 0) is 12.8 Å². The lowest BCUT2D eigenvalue weighted by Gasteiger charge is -2.17. The standard InChI is InChI=1S/C16H23N5O/c17-7-5-10-6-8-21(9-10)15-14-13(19-16(18)20-15)11-3-1-2-4-12(11)22-14/h10H,1-9,17H2,(H2,18,19,20)/t10-/m0/s1. The lowest BCUT2D eigenvalue weighted by molar-refractivity contribution is 0.504. The van der Waals surface area contributed by atoms with E-state index in [1.54, 1.807) is 0 Å². The second-order valence-corrected chi connectivity index (χ2v) is 6.47. The molecule has 1 aliphatic carbocycles. The van der Waals surface area contributed by atoms with Crippen LogP contribution in [0.5, 0.6) is 0 Å². The number of hydrogen-bond donors (Lipinski definition) is 2. The van der Waals surface area contributed by atoms with Gasteiger partial charge in [0.05, 0.1) is 0 Å². The zero-order valence-corrected chi connectivity index (χ0v) is 12.8. The van der Waals surface area contributed by atoms with Crippen LogP contribution in [0.15, 0.2) is 4.42 Å². The quantitative estimate of drug-likeness (QED) is 0.898. The molecular formula is C16H23N5O. The Morgan fingerprint density at radius 2 is 2.09 bits per heavy atom. The van der Waals surface area contributed by atoms with Gasteiger partial charge >= 0.3 is 0 Å². The van der Waals surface area contributed by atoms with Gasteiger partial charge in [0, 0.05) is 25.1 Å². The lowest BCUT2D eigenvalue weighted by Crippen LogP contribution is -2.22. The van der Waals surface area contributed by atoms with E-state index in [0.717, 1.165) is 68.0 Å². The van der Waals surface area contributed by atoms with Crippen LogP contribution in [0.1, 0.15) is 37.0 Å². The Morgan fingerprint density at radius 1 is 1.23 bits per heavy atom. The lowest BCUT2D eigenvalue weighted by atomic mass is 9.98. The molecule has 1 saturated heterocycles. The van der Waals surface area contributed by atoms with Crippen molar-refractivity contribution in [2.75, 3.05) is 30.3 Å². The molecule has 118 valence electrons. The van der Waals surface area contributed by atoms with Crippen molar-refractivity contribution in [2.45, 2.75) is 38.5 Å². The first-order valence-corrected chi connectivity index (χ1v) is 8.29. The van der Waals surface area contributed by atoms with Crippen molar-refractivity contribution in [2.24, 2.45) is 11.7 Å². The monoisotopic (exact) mass is 301 g/mol. The normalized spacial score (nSPS) is 21.5. The van der Waals surface area contributed by atoms with Gasteiger partial charge in [-0.1, -0.05) is 0 Å². The van der Waals surface area contributed by atoms with Crippen LogP contribution < -0.4 is 16.4 Å². The highest BCUT2D eigenvalue weighted by molar-refractivity contribution is 5.89. The van der Waals surface area contributed by atoms with Crippen molar-refractivity contribution in [3.63, 3.8) is 0 Å². The summed E-state index contributed by atoms with van der Waals surface area (Å²) in [4.78, 5) is 11.2. The number of hydrogen-bond acceptors (Lipinski definition) is 6. The van der Waals surface area contributed by atoms with Crippen LogP contribution in [-0.4, -0.2) is 29.6 Å². The van der Waals surface area contributed by atoms with Crippen LogP contribution in [0.4, 0.5) is 11.8 Å². The van der Waals surface area contributed by atoms with Crippen molar-refractivity contribution in [3.05, 3.63) is 11.3 Å². The van der Waals surface area contributed by atoms with E-state index >= 15 is 0 Å². The fourth-order valence-electron chi connectivity index (χ4n) is 3.83. The topological polar surface area (TPSA) is 94.2 Å². The van der Waals surface area contributed by atoms with Gasteiger partial charge < -0.3 is 20.8 Å². The van der Waals surface area contributed by atoms with E-state index in [0.29, 0.717) is 11.9 Å². The van der Waals surface area contributed by atoms with Crippen LogP contribution >= 0.6 is 0 Å². The van der Waals surface area contributed by atoms with E-state index < -0.39 is 0 Å². The van der Waals surface area contributed by atoms with E-state index in [4.69, 9.17) is 15.9 Å². The van der Waals surface area contributed by atoms with Gasteiger partial charge in [0.25, 0.3) is 0 Å². The summed E-state index contributed by atoms with van der Waals surface area (Å²) >= 11 is 0. The SMILES string of the molecule is NCC[C@H]1CCN(c2nc(N)nc3c4c(oc23)CCCC4)C1. The predicted octanol–water partition coefficient (Wildman–Crippen LogP) is 1.86. The first-order chi connectivity index (χ1) is 10.8. The summed E-state index contributed by atoms with van der Waals surface area (Å²) in [6.07, 6.45) is 6.64.